The third kappa shape index (κ3) is 3.30. The number of benzene rings is 2. The van der Waals surface area contributed by atoms with E-state index in [1.807, 2.05) is 0 Å². The predicted octanol–water partition coefficient (Wildman–Crippen LogP) is 4.76. The first kappa shape index (κ1) is 14.4. The van der Waals surface area contributed by atoms with Crippen molar-refractivity contribution in [3.63, 3.8) is 0 Å². The second kappa shape index (κ2) is 5.54. The number of halogens is 3. The highest BCUT2D eigenvalue weighted by molar-refractivity contribution is 7.99. The number of hydrogen-bond acceptors (Lipinski definition) is 3. The average molecular weight is 299 g/mol. The zero-order chi connectivity index (χ0) is 14.8. The van der Waals surface area contributed by atoms with Gasteiger partial charge in [-0.25, -0.2) is 0 Å². The molecule has 2 aromatic carbocycles. The van der Waals surface area contributed by atoms with Crippen LogP contribution in [0, 0.1) is 10.1 Å². The van der Waals surface area contributed by atoms with Crippen molar-refractivity contribution in [3.05, 3.63) is 64.2 Å². The van der Waals surface area contributed by atoms with E-state index in [1.54, 1.807) is 30.3 Å². The van der Waals surface area contributed by atoms with E-state index in [4.69, 9.17) is 0 Å². The van der Waals surface area contributed by atoms with E-state index in [1.165, 1.54) is 0 Å². The molecule has 0 radical (unpaired) electrons. The SMILES string of the molecule is O=[N+]([O-])c1cc(C(F)(F)F)ccc1Sc1ccccc1. The van der Waals surface area contributed by atoms with E-state index < -0.39 is 22.4 Å². The van der Waals surface area contributed by atoms with E-state index in [0.29, 0.717) is 6.07 Å². The molecule has 0 saturated heterocycles. The summed E-state index contributed by atoms with van der Waals surface area (Å²) in [5, 5.41) is 10.9. The molecule has 0 fully saturated rings. The summed E-state index contributed by atoms with van der Waals surface area (Å²) in [5.74, 6) is 0. The lowest BCUT2D eigenvalue weighted by atomic mass is 10.2. The standard InChI is InChI=1S/C13H8F3NO2S/c14-13(15,16)9-6-7-12(11(8-9)17(18)19)20-10-4-2-1-3-5-10/h1-8H. The van der Waals surface area contributed by atoms with Crippen LogP contribution in [0.1, 0.15) is 5.56 Å². The maximum atomic E-state index is 12.6. The molecule has 2 aromatic rings. The Hall–Kier alpha value is -2.02. The first-order chi connectivity index (χ1) is 9.38. The molecular weight excluding hydrogens is 291 g/mol. The molecule has 0 spiro atoms. The Labute approximate surface area is 116 Å². The fourth-order valence-electron chi connectivity index (χ4n) is 1.54. The van der Waals surface area contributed by atoms with Gasteiger partial charge in [0.25, 0.3) is 5.69 Å². The van der Waals surface area contributed by atoms with E-state index in [-0.39, 0.29) is 4.90 Å². The van der Waals surface area contributed by atoms with Crippen LogP contribution in [-0.4, -0.2) is 4.92 Å². The number of alkyl halides is 3. The Bertz CT molecular complexity index is 629. The number of rotatable bonds is 3. The zero-order valence-corrected chi connectivity index (χ0v) is 10.7. The van der Waals surface area contributed by atoms with Crippen LogP contribution in [0.4, 0.5) is 18.9 Å². The summed E-state index contributed by atoms with van der Waals surface area (Å²) < 4.78 is 37.7. The van der Waals surface area contributed by atoms with Crippen LogP contribution in [0.3, 0.4) is 0 Å². The summed E-state index contributed by atoms with van der Waals surface area (Å²) in [6.45, 7) is 0. The van der Waals surface area contributed by atoms with Gasteiger partial charge in [0.05, 0.1) is 15.4 Å². The van der Waals surface area contributed by atoms with E-state index in [2.05, 4.69) is 0 Å². The van der Waals surface area contributed by atoms with E-state index in [0.717, 1.165) is 28.8 Å². The lowest BCUT2D eigenvalue weighted by molar-refractivity contribution is -0.388. The molecule has 20 heavy (non-hydrogen) atoms. The van der Waals surface area contributed by atoms with Gasteiger partial charge < -0.3 is 0 Å². The molecule has 0 aliphatic rings. The Morgan fingerprint density at radius 1 is 1.05 bits per heavy atom. The number of nitrogens with zero attached hydrogens (tertiary/aromatic N) is 1. The van der Waals surface area contributed by atoms with Crippen LogP contribution in [0.5, 0.6) is 0 Å². The first-order valence-electron chi connectivity index (χ1n) is 5.46. The van der Waals surface area contributed by atoms with Crippen LogP contribution >= 0.6 is 11.8 Å². The molecule has 2 rings (SSSR count). The molecule has 0 heterocycles. The van der Waals surface area contributed by atoms with Crippen molar-refractivity contribution in [2.45, 2.75) is 16.0 Å². The smallest absolute Gasteiger partial charge is 0.258 e. The van der Waals surface area contributed by atoms with Gasteiger partial charge in [-0.05, 0) is 24.3 Å². The zero-order valence-electron chi connectivity index (χ0n) is 9.92. The fraction of sp³-hybridized carbons (Fsp3) is 0.0769. The molecule has 0 unspecified atom stereocenters. The molecule has 3 nitrogen and oxygen atoms in total. The van der Waals surface area contributed by atoms with E-state index >= 15 is 0 Å². The molecule has 0 saturated carbocycles. The minimum atomic E-state index is -4.60. The van der Waals surface area contributed by atoms with Gasteiger partial charge in [0.1, 0.15) is 0 Å². The van der Waals surface area contributed by atoms with Crippen molar-refractivity contribution in [3.8, 4) is 0 Å². The molecule has 0 aliphatic heterocycles. The van der Waals surface area contributed by atoms with Crippen molar-refractivity contribution >= 4 is 17.4 Å². The third-order valence-electron chi connectivity index (χ3n) is 2.45. The highest BCUT2D eigenvalue weighted by Crippen LogP contribution is 2.38. The number of hydrogen-bond donors (Lipinski definition) is 0. The molecular formula is C13H8F3NO2S. The van der Waals surface area contributed by atoms with E-state index in [9.17, 15) is 23.3 Å². The van der Waals surface area contributed by atoms with Crippen molar-refractivity contribution in [1.29, 1.82) is 0 Å². The molecule has 0 amide bonds. The molecule has 0 atom stereocenters. The largest absolute Gasteiger partial charge is 0.416 e. The van der Waals surface area contributed by atoms with Gasteiger partial charge in [0.2, 0.25) is 0 Å². The van der Waals surface area contributed by atoms with Gasteiger partial charge in [-0.3, -0.25) is 10.1 Å². The minimum absolute atomic E-state index is 0.175. The van der Waals surface area contributed by atoms with Crippen LogP contribution < -0.4 is 0 Å². The summed E-state index contributed by atoms with van der Waals surface area (Å²) >= 11 is 1.05. The van der Waals surface area contributed by atoms with Gasteiger partial charge in [-0.2, -0.15) is 13.2 Å². The van der Waals surface area contributed by atoms with Gasteiger partial charge >= 0.3 is 6.18 Å². The summed E-state index contributed by atoms with van der Waals surface area (Å²) in [6.07, 6.45) is -4.60. The molecule has 104 valence electrons. The lowest BCUT2D eigenvalue weighted by Gasteiger charge is -2.08. The molecule has 0 aliphatic carbocycles. The number of nitro groups is 1. The van der Waals surface area contributed by atoms with Gasteiger partial charge in [-0.15, -0.1) is 0 Å². The first-order valence-corrected chi connectivity index (χ1v) is 6.28. The summed E-state index contributed by atoms with van der Waals surface area (Å²) in [6, 6.07) is 11.3. The fourth-order valence-corrected chi connectivity index (χ4v) is 2.46. The summed E-state index contributed by atoms with van der Waals surface area (Å²) in [7, 11) is 0. The summed E-state index contributed by atoms with van der Waals surface area (Å²) in [5.41, 5.74) is -1.57. The molecule has 7 heteroatoms. The maximum Gasteiger partial charge on any atom is 0.416 e. The third-order valence-corrected chi connectivity index (χ3v) is 3.53. The highest BCUT2D eigenvalue weighted by atomic mass is 32.2. The Balaban J connectivity index is 2.41. The second-order valence-electron chi connectivity index (χ2n) is 3.85. The highest BCUT2D eigenvalue weighted by Gasteiger charge is 2.33. The van der Waals surface area contributed by atoms with Crippen LogP contribution in [-0.2, 0) is 6.18 Å². The van der Waals surface area contributed by atoms with Crippen LogP contribution in [0.2, 0.25) is 0 Å². The van der Waals surface area contributed by atoms with Crippen molar-refractivity contribution in [2.75, 3.05) is 0 Å². The Morgan fingerprint density at radius 2 is 1.70 bits per heavy atom. The Kier molecular flexibility index (Phi) is 3.99. The van der Waals surface area contributed by atoms with Crippen LogP contribution in [0.25, 0.3) is 0 Å². The average Bonchev–Trinajstić information content (AvgIpc) is 2.38. The Morgan fingerprint density at radius 3 is 2.25 bits per heavy atom. The van der Waals surface area contributed by atoms with Gasteiger partial charge in [-0.1, -0.05) is 30.0 Å². The van der Waals surface area contributed by atoms with Crippen molar-refractivity contribution < 1.29 is 18.1 Å². The minimum Gasteiger partial charge on any atom is -0.258 e. The molecule has 0 bridgehead atoms. The maximum absolute atomic E-state index is 12.6. The normalized spacial score (nSPS) is 11.3. The predicted molar refractivity (Wildman–Crippen MR) is 68.7 cm³/mol. The lowest BCUT2D eigenvalue weighted by Crippen LogP contribution is -2.05. The topological polar surface area (TPSA) is 43.1 Å². The number of nitro benzene ring substituents is 1. The van der Waals surface area contributed by atoms with Crippen molar-refractivity contribution in [1.82, 2.24) is 0 Å². The molecule has 0 aromatic heterocycles. The summed E-state index contributed by atoms with van der Waals surface area (Å²) in [4.78, 5) is 11.0. The quantitative estimate of drug-likeness (QED) is 0.606. The van der Waals surface area contributed by atoms with Crippen molar-refractivity contribution in [2.24, 2.45) is 0 Å². The monoisotopic (exact) mass is 299 g/mol. The second-order valence-corrected chi connectivity index (χ2v) is 4.97. The van der Waals surface area contributed by atoms with Gasteiger partial charge in [0, 0.05) is 11.0 Å². The molecule has 0 N–H and O–H groups in total. The van der Waals surface area contributed by atoms with Gasteiger partial charge in [0.15, 0.2) is 0 Å². The van der Waals surface area contributed by atoms with Crippen LogP contribution in [0.15, 0.2) is 58.3 Å².